The third kappa shape index (κ3) is 6.23. The van der Waals surface area contributed by atoms with Crippen molar-refractivity contribution in [3.05, 3.63) is 58.3 Å². The van der Waals surface area contributed by atoms with Gasteiger partial charge in [-0.25, -0.2) is 0 Å². The number of aliphatic imine (C=N–C) groups is 1. The summed E-state index contributed by atoms with van der Waals surface area (Å²) in [5.74, 6) is 0.856. The maximum Gasteiger partial charge on any atom is 0.237 e. The highest BCUT2D eigenvalue weighted by Crippen LogP contribution is 2.47. The molecule has 0 spiro atoms. The quantitative estimate of drug-likeness (QED) is 0.142. The van der Waals surface area contributed by atoms with E-state index in [2.05, 4.69) is 50.3 Å². The predicted octanol–water partition coefficient (Wildman–Crippen LogP) is 7.14. The molecular formula is C32H47N3O2Si. The number of nitrogens with zero attached hydrogens (tertiary/aromatic N) is 2. The first kappa shape index (κ1) is 28.6. The molecule has 1 fully saturated rings. The minimum Gasteiger partial charge on any atom is -0.398 e. The summed E-state index contributed by atoms with van der Waals surface area (Å²) in [6, 6.07) is 5.64. The van der Waals surface area contributed by atoms with Crippen LogP contribution in [-0.2, 0) is 14.9 Å². The number of anilines is 1. The summed E-state index contributed by atoms with van der Waals surface area (Å²) in [4.78, 5) is 19.8. The Bertz CT molecular complexity index is 1180. The highest BCUT2D eigenvalue weighted by molar-refractivity contribution is 6.76. The van der Waals surface area contributed by atoms with Crippen LogP contribution in [0.3, 0.4) is 0 Å². The van der Waals surface area contributed by atoms with Crippen LogP contribution < -0.4 is 10.6 Å². The first-order chi connectivity index (χ1) is 17.9. The van der Waals surface area contributed by atoms with Crippen molar-refractivity contribution in [3.63, 3.8) is 0 Å². The van der Waals surface area contributed by atoms with Crippen LogP contribution in [0.1, 0.15) is 69.1 Å². The second kappa shape index (κ2) is 11.3. The first-order valence-corrected chi connectivity index (χ1v) is 18.0. The van der Waals surface area contributed by atoms with Crippen LogP contribution in [0.2, 0.25) is 25.7 Å². The highest BCUT2D eigenvalue weighted by atomic mass is 28.3. The molecule has 0 radical (unpaired) electrons. The number of carbonyl (C=O) groups is 1. The molecule has 0 aromatic heterocycles. The lowest BCUT2D eigenvalue weighted by atomic mass is 9.82. The molecule has 6 heteroatoms. The second-order valence-electron chi connectivity index (χ2n) is 13.1. The molecule has 0 unspecified atom stereocenters. The number of fused-ring (bicyclic) bond motifs is 1. The fraction of sp³-hybridized carbons (Fsp3) is 0.562. The molecule has 2 N–H and O–H groups in total. The Morgan fingerprint density at radius 2 is 1.97 bits per heavy atom. The van der Waals surface area contributed by atoms with Crippen LogP contribution in [0.15, 0.2) is 46.6 Å². The Morgan fingerprint density at radius 1 is 1.24 bits per heavy atom. The van der Waals surface area contributed by atoms with E-state index in [0.29, 0.717) is 19.2 Å². The van der Waals surface area contributed by atoms with Gasteiger partial charge in [0.1, 0.15) is 6.73 Å². The number of aryl methyl sites for hydroxylation is 1. The lowest BCUT2D eigenvalue weighted by Crippen LogP contribution is -2.36. The van der Waals surface area contributed by atoms with Gasteiger partial charge < -0.3 is 15.4 Å². The molecule has 0 saturated heterocycles. The molecule has 5 nitrogen and oxygen atoms in total. The van der Waals surface area contributed by atoms with E-state index in [4.69, 9.17) is 10.5 Å². The van der Waals surface area contributed by atoms with E-state index in [1.807, 2.05) is 31.0 Å². The Hall–Kier alpha value is -2.44. The van der Waals surface area contributed by atoms with Crippen molar-refractivity contribution in [1.82, 2.24) is 0 Å². The number of ether oxygens (including phenoxy) is 1. The average molecular weight is 534 g/mol. The molecule has 4 rings (SSSR count). The summed E-state index contributed by atoms with van der Waals surface area (Å²) in [6.45, 7) is 18.9. The SMILES string of the molecule is C=CCN1C(=O)C(C)(C)c2cc(C)c(C3=C(CC4CC4)C(N)=C(C=NCOCC[Si](C)(C)C)CCC3)cc21. The maximum atomic E-state index is 13.3. The van der Waals surface area contributed by atoms with Crippen LogP contribution in [0.5, 0.6) is 0 Å². The van der Waals surface area contributed by atoms with Crippen LogP contribution in [0.25, 0.3) is 5.57 Å². The number of hydrogen-bond acceptors (Lipinski definition) is 4. The van der Waals surface area contributed by atoms with Crippen molar-refractivity contribution in [2.24, 2.45) is 16.6 Å². The van der Waals surface area contributed by atoms with E-state index in [0.717, 1.165) is 60.9 Å². The van der Waals surface area contributed by atoms with E-state index in [1.54, 1.807) is 0 Å². The number of carbonyl (C=O) groups excluding carboxylic acids is 1. The molecule has 3 aliphatic rings. The van der Waals surface area contributed by atoms with Crippen LogP contribution in [0, 0.1) is 12.8 Å². The number of rotatable bonds is 11. The van der Waals surface area contributed by atoms with Gasteiger partial charge >= 0.3 is 0 Å². The fourth-order valence-corrected chi connectivity index (χ4v) is 6.39. The van der Waals surface area contributed by atoms with Gasteiger partial charge in [0, 0.05) is 38.8 Å². The van der Waals surface area contributed by atoms with Gasteiger partial charge in [-0.2, -0.15) is 0 Å². The summed E-state index contributed by atoms with van der Waals surface area (Å²) in [7, 11) is -1.10. The van der Waals surface area contributed by atoms with Crippen molar-refractivity contribution >= 4 is 31.5 Å². The Kier molecular flexibility index (Phi) is 8.53. The summed E-state index contributed by atoms with van der Waals surface area (Å²) < 4.78 is 5.79. The molecule has 1 aromatic carbocycles. The van der Waals surface area contributed by atoms with E-state index in [1.165, 1.54) is 35.1 Å². The second-order valence-corrected chi connectivity index (χ2v) is 18.7. The highest BCUT2D eigenvalue weighted by Gasteiger charge is 2.44. The minimum atomic E-state index is -1.10. The van der Waals surface area contributed by atoms with Crippen molar-refractivity contribution in [2.45, 2.75) is 90.4 Å². The molecule has 1 amide bonds. The zero-order chi connectivity index (χ0) is 27.7. The zero-order valence-corrected chi connectivity index (χ0v) is 25.5. The standard InChI is InChI=1S/C32H47N3O2Si/c1-8-14-35-29-19-26(22(2)17-28(29)32(3,4)31(35)36)25-11-9-10-24(30(33)27(25)18-23-12-13-23)20-34-21-37-15-16-38(5,6)7/h8,17,19-20,23H,1,9-16,18,21,33H2,2-7H3. The molecule has 1 saturated carbocycles. The van der Waals surface area contributed by atoms with Gasteiger partial charge in [0.25, 0.3) is 0 Å². The maximum absolute atomic E-state index is 13.3. The van der Waals surface area contributed by atoms with E-state index in [-0.39, 0.29) is 5.91 Å². The van der Waals surface area contributed by atoms with Gasteiger partial charge in [0.05, 0.1) is 5.41 Å². The fourth-order valence-electron chi connectivity index (χ4n) is 5.63. The lowest BCUT2D eigenvalue weighted by Gasteiger charge is -2.21. The molecule has 0 bridgehead atoms. The third-order valence-corrected chi connectivity index (χ3v) is 9.93. The van der Waals surface area contributed by atoms with Crippen molar-refractivity contribution in [3.8, 4) is 0 Å². The monoisotopic (exact) mass is 533 g/mol. The van der Waals surface area contributed by atoms with Gasteiger partial charge in [-0.3, -0.25) is 9.79 Å². The van der Waals surface area contributed by atoms with Gasteiger partial charge in [0.2, 0.25) is 5.91 Å². The molecule has 2 aliphatic carbocycles. The van der Waals surface area contributed by atoms with Crippen molar-refractivity contribution in [2.75, 3.05) is 24.8 Å². The average Bonchev–Trinajstić information content (AvgIpc) is 3.66. The van der Waals surface area contributed by atoms with Gasteiger partial charge in [-0.1, -0.05) is 31.8 Å². The Balaban J connectivity index is 1.68. The molecule has 38 heavy (non-hydrogen) atoms. The normalized spacial score (nSPS) is 19.9. The number of benzene rings is 1. The molecule has 1 aliphatic heterocycles. The van der Waals surface area contributed by atoms with Crippen LogP contribution >= 0.6 is 0 Å². The molecule has 1 aromatic rings. The van der Waals surface area contributed by atoms with Gasteiger partial charge in [-0.15, -0.1) is 6.58 Å². The smallest absolute Gasteiger partial charge is 0.237 e. The molecule has 206 valence electrons. The van der Waals surface area contributed by atoms with Crippen LogP contribution in [0.4, 0.5) is 5.69 Å². The number of amides is 1. The first-order valence-electron chi connectivity index (χ1n) is 14.3. The molecule has 1 heterocycles. The van der Waals surface area contributed by atoms with Crippen molar-refractivity contribution in [1.29, 1.82) is 0 Å². The van der Waals surface area contributed by atoms with Crippen molar-refractivity contribution < 1.29 is 9.53 Å². The Morgan fingerprint density at radius 3 is 2.63 bits per heavy atom. The van der Waals surface area contributed by atoms with E-state index >= 15 is 0 Å². The molecular weight excluding hydrogens is 486 g/mol. The van der Waals surface area contributed by atoms with Gasteiger partial charge in [-0.05, 0) is 111 Å². The predicted molar refractivity (Wildman–Crippen MR) is 164 cm³/mol. The summed E-state index contributed by atoms with van der Waals surface area (Å²) in [5.41, 5.74) is 15.6. The van der Waals surface area contributed by atoms with E-state index < -0.39 is 13.5 Å². The van der Waals surface area contributed by atoms with Crippen LogP contribution in [-0.4, -0.2) is 40.1 Å². The number of nitrogens with two attached hydrogens (primary N) is 1. The lowest BCUT2D eigenvalue weighted by molar-refractivity contribution is -0.122. The number of hydrogen-bond donors (Lipinski definition) is 1. The Labute approximate surface area is 230 Å². The van der Waals surface area contributed by atoms with Gasteiger partial charge in [0.15, 0.2) is 0 Å². The third-order valence-electron chi connectivity index (χ3n) is 8.23. The number of allylic oxidation sites excluding steroid dienone is 3. The summed E-state index contributed by atoms with van der Waals surface area (Å²) in [5, 5.41) is 0. The minimum absolute atomic E-state index is 0.141. The summed E-state index contributed by atoms with van der Waals surface area (Å²) >= 11 is 0. The largest absolute Gasteiger partial charge is 0.398 e. The van der Waals surface area contributed by atoms with E-state index in [9.17, 15) is 4.79 Å². The zero-order valence-electron chi connectivity index (χ0n) is 24.5. The summed E-state index contributed by atoms with van der Waals surface area (Å²) in [6.07, 6.45) is 10.3. The topological polar surface area (TPSA) is 67.9 Å². The molecule has 0 atom stereocenters.